The van der Waals surface area contributed by atoms with E-state index < -0.39 is 5.92 Å². The fourth-order valence-electron chi connectivity index (χ4n) is 2.46. The Bertz CT molecular complexity index is 565. The van der Waals surface area contributed by atoms with Gasteiger partial charge in [-0.05, 0) is 19.4 Å². The van der Waals surface area contributed by atoms with Gasteiger partial charge >= 0.3 is 6.03 Å². The van der Waals surface area contributed by atoms with Gasteiger partial charge in [0.2, 0.25) is 5.91 Å². The van der Waals surface area contributed by atoms with Crippen molar-refractivity contribution < 1.29 is 14.3 Å². The molecule has 7 nitrogen and oxygen atoms in total. The lowest BCUT2D eigenvalue weighted by Gasteiger charge is -2.37. The van der Waals surface area contributed by atoms with Gasteiger partial charge in [-0.15, -0.1) is 0 Å². The number of carbonyl (C=O) groups is 2. The Hall–Kier alpha value is -2.02. The molecule has 0 aromatic carbocycles. The lowest BCUT2D eigenvalue weighted by molar-refractivity contribution is -0.128. The van der Waals surface area contributed by atoms with Crippen LogP contribution in [0.15, 0.2) is 21.8 Å². The predicted molar refractivity (Wildman–Crippen MR) is 79.4 cm³/mol. The summed E-state index contributed by atoms with van der Waals surface area (Å²) >= 11 is 0. The number of rotatable bonds is 3. The van der Waals surface area contributed by atoms with Crippen LogP contribution < -0.4 is 0 Å². The maximum Gasteiger partial charge on any atom is 0.331 e. The van der Waals surface area contributed by atoms with Gasteiger partial charge in [-0.3, -0.25) is 19.6 Å². The minimum atomic E-state index is -0.623. The molecule has 114 valence electrons. The monoisotopic (exact) mass is 292 g/mol. The summed E-state index contributed by atoms with van der Waals surface area (Å²) in [6.45, 7) is 4.25. The number of fused-ring (bicyclic) bond motifs is 1. The van der Waals surface area contributed by atoms with Gasteiger partial charge in [0.15, 0.2) is 0 Å². The molecule has 0 saturated carbocycles. The number of urea groups is 1. The molecular formula is C14H20N4O3. The Morgan fingerprint density at radius 3 is 2.67 bits per heavy atom. The Kier molecular flexibility index (Phi) is 4.22. The first-order valence-electron chi connectivity index (χ1n) is 6.75. The number of hydrogen-bond acceptors (Lipinski definition) is 5. The first kappa shape index (κ1) is 15.4. The van der Waals surface area contributed by atoms with Crippen LogP contribution in [0.3, 0.4) is 0 Å². The Morgan fingerprint density at radius 1 is 1.38 bits per heavy atom. The molecule has 1 saturated heterocycles. The molecule has 0 aromatic heterocycles. The van der Waals surface area contributed by atoms with Crippen molar-refractivity contribution in [1.29, 1.82) is 0 Å². The van der Waals surface area contributed by atoms with Crippen LogP contribution in [0.4, 0.5) is 4.79 Å². The van der Waals surface area contributed by atoms with Crippen LogP contribution in [-0.4, -0.2) is 67.1 Å². The largest absolute Gasteiger partial charge is 0.382 e. The lowest BCUT2D eigenvalue weighted by atomic mass is 9.90. The van der Waals surface area contributed by atoms with E-state index in [1.54, 1.807) is 20.4 Å². The average molecular weight is 292 g/mol. The van der Waals surface area contributed by atoms with Crippen molar-refractivity contribution in [3.63, 3.8) is 0 Å². The SMILES string of the molecule is COCC(C)N=C1C(C)=CN=C2C1C(=O)N(C)C(=O)N2C. The van der Waals surface area contributed by atoms with Crippen LogP contribution in [0.25, 0.3) is 0 Å². The van der Waals surface area contributed by atoms with Gasteiger partial charge in [-0.25, -0.2) is 9.79 Å². The Balaban J connectivity index is 2.45. The van der Waals surface area contributed by atoms with Gasteiger partial charge in [-0.2, -0.15) is 0 Å². The molecule has 0 spiro atoms. The molecule has 0 radical (unpaired) electrons. The van der Waals surface area contributed by atoms with Crippen LogP contribution in [0.1, 0.15) is 13.8 Å². The van der Waals surface area contributed by atoms with Crippen LogP contribution >= 0.6 is 0 Å². The zero-order chi connectivity index (χ0) is 15.7. The normalized spacial score (nSPS) is 25.8. The minimum absolute atomic E-state index is 0.0752. The Labute approximate surface area is 124 Å². The third kappa shape index (κ3) is 2.61. The molecular weight excluding hydrogens is 272 g/mol. The van der Waals surface area contributed by atoms with Crippen LogP contribution in [0, 0.1) is 5.92 Å². The molecule has 1 fully saturated rings. The third-order valence-electron chi connectivity index (χ3n) is 3.59. The smallest absolute Gasteiger partial charge is 0.331 e. The maximum atomic E-state index is 12.5. The number of carbonyl (C=O) groups excluding carboxylic acids is 2. The second kappa shape index (κ2) is 5.77. The maximum absolute atomic E-state index is 12.5. The fraction of sp³-hybridized carbons (Fsp3) is 0.571. The molecule has 21 heavy (non-hydrogen) atoms. The summed E-state index contributed by atoms with van der Waals surface area (Å²) in [5.41, 5.74) is 1.48. The van der Waals surface area contributed by atoms with E-state index in [1.807, 2.05) is 13.8 Å². The molecule has 2 aliphatic heterocycles. The second-order valence-electron chi connectivity index (χ2n) is 5.29. The molecule has 2 unspecified atom stereocenters. The molecule has 0 aliphatic carbocycles. The van der Waals surface area contributed by atoms with Crippen LogP contribution in [0.5, 0.6) is 0 Å². The summed E-state index contributed by atoms with van der Waals surface area (Å²) in [5, 5.41) is 0. The average Bonchev–Trinajstić information content (AvgIpc) is 2.45. The molecule has 2 rings (SSSR count). The van der Waals surface area contributed by atoms with Gasteiger partial charge in [0.25, 0.3) is 0 Å². The predicted octanol–water partition coefficient (Wildman–Crippen LogP) is 0.918. The van der Waals surface area contributed by atoms with E-state index in [0.29, 0.717) is 18.2 Å². The minimum Gasteiger partial charge on any atom is -0.382 e. The molecule has 0 bridgehead atoms. The van der Waals surface area contributed by atoms with Gasteiger partial charge in [0.1, 0.15) is 11.8 Å². The van der Waals surface area contributed by atoms with Crippen molar-refractivity contribution in [3.05, 3.63) is 11.8 Å². The summed E-state index contributed by atoms with van der Waals surface area (Å²) < 4.78 is 5.09. The van der Waals surface area contributed by atoms with E-state index >= 15 is 0 Å². The van der Waals surface area contributed by atoms with Crippen molar-refractivity contribution in [2.24, 2.45) is 15.9 Å². The Morgan fingerprint density at radius 2 is 2.05 bits per heavy atom. The lowest BCUT2D eigenvalue weighted by Crippen LogP contribution is -2.59. The van der Waals surface area contributed by atoms with E-state index in [4.69, 9.17) is 4.74 Å². The van der Waals surface area contributed by atoms with E-state index in [1.165, 1.54) is 11.9 Å². The summed E-state index contributed by atoms with van der Waals surface area (Å²) in [4.78, 5) is 35.8. The second-order valence-corrected chi connectivity index (χ2v) is 5.29. The zero-order valence-electron chi connectivity index (χ0n) is 13.0. The molecule has 2 heterocycles. The number of methoxy groups -OCH3 is 1. The zero-order valence-corrected chi connectivity index (χ0v) is 13.0. The van der Waals surface area contributed by atoms with Gasteiger partial charge < -0.3 is 4.74 Å². The van der Waals surface area contributed by atoms with Crippen molar-refractivity contribution in [2.75, 3.05) is 27.8 Å². The third-order valence-corrected chi connectivity index (χ3v) is 3.59. The number of ether oxygens (including phenoxy) is 1. The highest BCUT2D eigenvalue weighted by Crippen LogP contribution is 2.25. The summed E-state index contributed by atoms with van der Waals surface area (Å²) in [6, 6.07) is -0.457. The number of hydrogen-bond donors (Lipinski definition) is 0. The van der Waals surface area contributed by atoms with Crippen molar-refractivity contribution in [3.8, 4) is 0 Å². The van der Waals surface area contributed by atoms with Gasteiger partial charge in [0.05, 0.1) is 18.4 Å². The summed E-state index contributed by atoms with van der Waals surface area (Å²) in [7, 11) is 4.70. The van der Waals surface area contributed by atoms with E-state index in [0.717, 1.165) is 10.5 Å². The first-order valence-corrected chi connectivity index (χ1v) is 6.75. The molecule has 2 atom stereocenters. The summed E-state index contributed by atoms with van der Waals surface area (Å²) in [6.07, 6.45) is 1.65. The summed E-state index contributed by atoms with van der Waals surface area (Å²) in [5.74, 6) is -0.494. The highest BCUT2D eigenvalue weighted by atomic mass is 16.5. The quantitative estimate of drug-likeness (QED) is 0.776. The van der Waals surface area contributed by atoms with Crippen LogP contribution in [-0.2, 0) is 9.53 Å². The highest BCUT2D eigenvalue weighted by molar-refractivity contribution is 6.33. The van der Waals surface area contributed by atoms with Crippen molar-refractivity contribution >= 4 is 23.5 Å². The van der Waals surface area contributed by atoms with Crippen molar-refractivity contribution in [2.45, 2.75) is 19.9 Å². The number of allylic oxidation sites excluding steroid dienone is 1. The van der Waals surface area contributed by atoms with Crippen molar-refractivity contribution in [1.82, 2.24) is 9.80 Å². The molecule has 3 amide bonds. The molecule has 7 heteroatoms. The first-order chi connectivity index (χ1) is 9.88. The number of imide groups is 1. The molecule has 2 aliphatic rings. The number of nitrogens with zero attached hydrogens (tertiary/aromatic N) is 4. The number of amidine groups is 1. The van der Waals surface area contributed by atoms with E-state index in [2.05, 4.69) is 9.98 Å². The van der Waals surface area contributed by atoms with Crippen LogP contribution in [0.2, 0.25) is 0 Å². The van der Waals surface area contributed by atoms with Gasteiger partial charge in [-0.1, -0.05) is 0 Å². The fourth-order valence-corrected chi connectivity index (χ4v) is 2.46. The number of aliphatic imine (C=N–C) groups is 2. The standard InChI is InChI=1S/C14H20N4O3/c1-8-6-15-12-10(11(8)16-9(2)7-21-5)13(19)18(4)14(20)17(12)3/h6,9-10H,7H2,1-5H3. The van der Waals surface area contributed by atoms with E-state index in [-0.39, 0.29) is 18.0 Å². The van der Waals surface area contributed by atoms with Gasteiger partial charge in [0, 0.05) is 27.4 Å². The highest BCUT2D eigenvalue weighted by Gasteiger charge is 2.45. The molecule has 0 aromatic rings. The molecule has 0 N–H and O–H groups in total. The topological polar surface area (TPSA) is 74.6 Å². The number of amides is 3. The van der Waals surface area contributed by atoms with E-state index in [9.17, 15) is 9.59 Å².